The number of nitrogens with zero attached hydrogens (tertiary/aromatic N) is 3. The molecule has 0 radical (unpaired) electrons. The lowest BCUT2D eigenvalue weighted by Crippen LogP contribution is -2.41. The van der Waals surface area contributed by atoms with Crippen molar-refractivity contribution < 1.29 is 17.9 Å². The lowest BCUT2D eigenvalue weighted by atomic mass is 10.2. The maximum Gasteiger partial charge on any atom is 0.244 e. The molecule has 2 aromatic heterocycles. The van der Waals surface area contributed by atoms with Gasteiger partial charge in [0.15, 0.2) is 0 Å². The Kier molecular flexibility index (Phi) is 5.09. The number of hydrogen-bond acceptors (Lipinski definition) is 7. The van der Waals surface area contributed by atoms with Crippen LogP contribution in [0.1, 0.15) is 19.8 Å². The molecule has 1 aliphatic heterocycles. The molecule has 1 saturated heterocycles. The van der Waals surface area contributed by atoms with E-state index in [1.807, 2.05) is 0 Å². The van der Waals surface area contributed by atoms with E-state index in [9.17, 15) is 13.2 Å². The lowest BCUT2D eigenvalue weighted by Gasteiger charge is -2.14. The third-order valence-corrected chi connectivity index (χ3v) is 5.86. The van der Waals surface area contributed by atoms with Gasteiger partial charge in [-0.15, -0.1) is 0 Å². The van der Waals surface area contributed by atoms with Crippen LogP contribution in [0.25, 0.3) is 11.5 Å². The molecule has 2 N–H and O–H groups in total. The standard InChI is InChI=1S/C15H19N5O4S/c1-10(14(21)17-9-11-5-4-8-24-11)25(22,23)15-18-13(19-20-15)12-6-2-3-7-16-12/h2-3,6-7,10-11H,4-5,8-9H2,1H3,(H,17,21)(H,18,19,20)/t10-,11+/m1/s1. The first-order chi connectivity index (χ1) is 12.0. The number of carbonyl (C=O) groups is 1. The number of sulfone groups is 1. The number of hydrogen-bond donors (Lipinski definition) is 2. The second-order valence-electron chi connectivity index (χ2n) is 5.75. The molecule has 25 heavy (non-hydrogen) atoms. The monoisotopic (exact) mass is 365 g/mol. The second-order valence-corrected chi connectivity index (χ2v) is 7.93. The van der Waals surface area contributed by atoms with Crippen LogP contribution in [0.2, 0.25) is 0 Å². The van der Waals surface area contributed by atoms with Gasteiger partial charge in [0.25, 0.3) is 0 Å². The van der Waals surface area contributed by atoms with Gasteiger partial charge in [0, 0.05) is 19.3 Å². The molecule has 0 aliphatic carbocycles. The Morgan fingerprint density at radius 3 is 3.00 bits per heavy atom. The molecule has 2 atom stereocenters. The van der Waals surface area contributed by atoms with Crippen LogP contribution in [0.15, 0.2) is 29.6 Å². The first-order valence-corrected chi connectivity index (χ1v) is 9.50. The molecule has 3 rings (SSSR count). The van der Waals surface area contributed by atoms with Gasteiger partial charge in [-0.05, 0) is 31.9 Å². The fourth-order valence-corrected chi connectivity index (χ4v) is 3.54. The summed E-state index contributed by atoms with van der Waals surface area (Å²) in [5, 5.41) is 7.23. The molecule has 9 nitrogen and oxygen atoms in total. The third-order valence-electron chi connectivity index (χ3n) is 3.99. The molecule has 0 saturated carbocycles. The summed E-state index contributed by atoms with van der Waals surface area (Å²) in [7, 11) is -3.98. The van der Waals surface area contributed by atoms with Crippen molar-refractivity contribution in [3.63, 3.8) is 0 Å². The Hall–Kier alpha value is -2.33. The first-order valence-electron chi connectivity index (χ1n) is 7.95. The van der Waals surface area contributed by atoms with Crippen molar-refractivity contribution in [3.05, 3.63) is 24.4 Å². The molecule has 1 aliphatic rings. The maximum atomic E-state index is 12.6. The molecular formula is C15H19N5O4S. The zero-order valence-corrected chi connectivity index (χ0v) is 14.5. The minimum Gasteiger partial charge on any atom is -0.376 e. The van der Waals surface area contributed by atoms with E-state index in [1.54, 1.807) is 24.4 Å². The van der Waals surface area contributed by atoms with Crippen LogP contribution in [0.5, 0.6) is 0 Å². The Bertz CT molecular complexity index is 831. The van der Waals surface area contributed by atoms with E-state index in [-0.39, 0.29) is 17.1 Å². The van der Waals surface area contributed by atoms with Gasteiger partial charge in [-0.3, -0.25) is 9.78 Å². The summed E-state index contributed by atoms with van der Waals surface area (Å²) in [4.78, 5) is 20.2. The van der Waals surface area contributed by atoms with Gasteiger partial charge in [0.05, 0.1) is 6.10 Å². The second kappa shape index (κ2) is 7.28. The highest BCUT2D eigenvalue weighted by Gasteiger charge is 2.33. The lowest BCUT2D eigenvalue weighted by molar-refractivity contribution is -0.120. The molecular weight excluding hydrogens is 346 g/mol. The maximum absolute atomic E-state index is 12.6. The summed E-state index contributed by atoms with van der Waals surface area (Å²) in [6, 6.07) is 5.14. The number of nitrogens with one attached hydrogen (secondary N) is 2. The van der Waals surface area contributed by atoms with Gasteiger partial charge in [0.2, 0.25) is 26.7 Å². The molecule has 1 fully saturated rings. The highest BCUT2D eigenvalue weighted by molar-refractivity contribution is 7.92. The van der Waals surface area contributed by atoms with Gasteiger partial charge < -0.3 is 10.1 Å². The Morgan fingerprint density at radius 2 is 2.32 bits per heavy atom. The van der Waals surface area contributed by atoms with Crippen LogP contribution < -0.4 is 5.32 Å². The SMILES string of the molecule is C[C@H](C(=O)NC[C@@H]1CCCO1)S(=O)(=O)c1nc(-c2ccccn2)n[nH]1. The van der Waals surface area contributed by atoms with E-state index in [0.29, 0.717) is 18.8 Å². The van der Waals surface area contributed by atoms with Gasteiger partial charge >= 0.3 is 0 Å². The summed E-state index contributed by atoms with van der Waals surface area (Å²) in [5.74, 6) is -0.433. The zero-order valence-electron chi connectivity index (χ0n) is 13.7. The number of H-pyrrole nitrogens is 1. The van der Waals surface area contributed by atoms with Crippen molar-refractivity contribution in [3.8, 4) is 11.5 Å². The molecule has 0 aromatic carbocycles. The van der Waals surface area contributed by atoms with Crippen molar-refractivity contribution in [2.75, 3.05) is 13.2 Å². The molecule has 0 unspecified atom stereocenters. The Labute approximate surface area is 145 Å². The van der Waals surface area contributed by atoms with Crippen LogP contribution in [-0.2, 0) is 19.4 Å². The van der Waals surface area contributed by atoms with Gasteiger partial charge in [-0.25, -0.2) is 13.5 Å². The van der Waals surface area contributed by atoms with Gasteiger partial charge in [0.1, 0.15) is 10.9 Å². The van der Waals surface area contributed by atoms with Crippen molar-refractivity contribution in [1.82, 2.24) is 25.5 Å². The number of aromatic nitrogens is 4. The Balaban J connectivity index is 1.70. The topological polar surface area (TPSA) is 127 Å². The van der Waals surface area contributed by atoms with E-state index >= 15 is 0 Å². The van der Waals surface area contributed by atoms with Crippen LogP contribution in [-0.4, -0.2) is 59.0 Å². The van der Waals surface area contributed by atoms with Crippen LogP contribution in [0.3, 0.4) is 0 Å². The van der Waals surface area contributed by atoms with Gasteiger partial charge in [-0.1, -0.05) is 6.07 Å². The summed E-state index contributed by atoms with van der Waals surface area (Å²) < 4.78 is 30.5. The summed E-state index contributed by atoms with van der Waals surface area (Å²) in [6.45, 7) is 2.29. The van der Waals surface area contributed by atoms with Crippen molar-refractivity contribution in [2.45, 2.75) is 36.3 Å². The zero-order chi connectivity index (χ0) is 17.9. The van der Waals surface area contributed by atoms with E-state index in [0.717, 1.165) is 12.8 Å². The van der Waals surface area contributed by atoms with E-state index in [4.69, 9.17) is 4.74 Å². The minimum absolute atomic E-state index is 0.0557. The molecule has 0 bridgehead atoms. The van der Waals surface area contributed by atoms with Crippen LogP contribution >= 0.6 is 0 Å². The number of carbonyl (C=O) groups excluding carboxylic acids is 1. The quantitative estimate of drug-likeness (QED) is 0.755. The fraction of sp³-hybridized carbons (Fsp3) is 0.467. The van der Waals surface area contributed by atoms with Crippen LogP contribution in [0.4, 0.5) is 0 Å². The van der Waals surface area contributed by atoms with Crippen molar-refractivity contribution in [1.29, 1.82) is 0 Å². The van der Waals surface area contributed by atoms with E-state index in [1.165, 1.54) is 6.92 Å². The van der Waals surface area contributed by atoms with Crippen molar-refractivity contribution in [2.24, 2.45) is 0 Å². The molecule has 2 aromatic rings. The van der Waals surface area contributed by atoms with E-state index in [2.05, 4.69) is 25.5 Å². The molecule has 134 valence electrons. The number of ether oxygens (including phenoxy) is 1. The predicted octanol–water partition coefficient (Wildman–Crippen LogP) is 0.324. The summed E-state index contributed by atoms with van der Waals surface area (Å²) in [6.07, 6.45) is 3.31. The van der Waals surface area contributed by atoms with E-state index < -0.39 is 21.0 Å². The highest BCUT2D eigenvalue weighted by Crippen LogP contribution is 2.17. The number of aromatic amines is 1. The minimum atomic E-state index is -3.98. The average molecular weight is 365 g/mol. The predicted molar refractivity (Wildman–Crippen MR) is 88.2 cm³/mol. The molecule has 0 spiro atoms. The summed E-state index contributed by atoms with van der Waals surface area (Å²) >= 11 is 0. The number of rotatable bonds is 6. The summed E-state index contributed by atoms with van der Waals surface area (Å²) in [5.41, 5.74) is 0.440. The highest BCUT2D eigenvalue weighted by atomic mass is 32.2. The van der Waals surface area contributed by atoms with Crippen molar-refractivity contribution >= 4 is 15.7 Å². The normalized spacial score (nSPS) is 18.8. The molecule has 10 heteroatoms. The largest absolute Gasteiger partial charge is 0.376 e. The number of amides is 1. The third kappa shape index (κ3) is 3.85. The smallest absolute Gasteiger partial charge is 0.244 e. The Morgan fingerprint density at radius 1 is 1.48 bits per heavy atom. The number of pyridine rings is 1. The molecule has 1 amide bonds. The average Bonchev–Trinajstić information content (AvgIpc) is 3.31. The van der Waals surface area contributed by atoms with Crippen LogP contribution in [0, 0.1) is 0 Å². The molecule has 3 heterocycles. The fourth-order valence-electron chi connectivity index (χ4n) is 2.46. The van der Waals surface area contributed by atoms with Gasteiger partial charge in [-0.2, -0.15) is 10.1 Å². The first kappa shape index (κ1) is 17.5.